The molecule has 0 aliphatic carbocycles. The maximum Gasteiger partial charge on any atom is 0.319 e. The number of urea groups is 2. The topological polar surface area (TPSA) is 172 Å². The van der Waals surface area contributed by atoms with Crippen molar-refractivity contribution in [3.63, 3.8) is 0 Å². The molecule has 2 aliphatic heterocycles. The summed E-state index contributed by atoms with van der Waals surface area (Å²) in [4.78, 5) is 33.0. The van der Waals surface area contributed by atoms with Gasteiger partial charge in [-0.1, -0.05) is 51.4 Å². The molecule has 8 N–H and O–H groups in total. The highest BCUT2D eigenvalue weighted by Gasteiger charge is 2.14. The van der Waals surface area contributed by atoms with Gasteiger partial charge >= 0.3 is 12.1 Å². The van der Waals surface area contributed by atoms with E-state index in [0.717, 1.165) is 59.9 Å². The van der Waals surface area contributed by atoms with E-state index in [1.54, 1.807) is 0 Å². The zero-order chi connectivity index (χ0) is 32.4. The summed E-state index contributed by atoms with van der Waals surface area (Å²) < 4.78 is 0. The van der Waals surface area contributed by atoms with E-state index in [-0.39, 0.29) is 36.9 Å². The van der Waals surface area contributed by atoms with E-state index in [1.807, 2.05) is 48.5 Å². The third-order valence-electron chi connectivity index (χ3n) is 7.94. The molecule has 2 aromatic rings. The Bertz CT molecular complexity index is 1200. The summed E-state index contributed by atoms with van der Waals surface area (Å²) in [6.45, 7) is 3.10. The molecule has 0 fully saturated rings. The Morgan fingerprint density at radius 2 is 0.917 bits per heavy atom. The van der Waals surface area contributed by atoms with Gasteiger partial charge in [-0.3, -0.25) is 9.98 Å². The Hall–Kier alpha value is -3.58. The molecule has 0 bridgehead atoms. The van der Waals surface area contributed by atoms with Crippen molar-refractivity contribution in [1.29, 1.82) is 0 Å². The Kier molecular flexibility index (Phi) is 19.4. The van der Waals surface area contributed by atoms with Crippen LogP contribution in [-0.2, 0) is 0 Å². The van der Waals surface area contributed by atoms with Gasteiger partial charge in [0.15, 0.2) is 0 Å². The third kappa shape index (κ3) is 15.1. The molecule has 12 nitrogen and oxygen atoms in total. The van der Waals surface area contributed by atoms with Gasteiger partial charge in [-0.15, -0.1) is 24.8 Å². The highest BCUT2D eigenvalue weighted by molar-refractivity contribution is 6.00. The average Bonchev–Trinajstić information content (AvgIpc) is 3.06. The number of aliphatic hydroxyl groups is 2. The predicted molar refractivity (Wildman–Crippen MR) is 198 cm³/mol. The quantitative estimate of drug-likeness (QED) is 0.110. The van der Waals surface area contributed by atoms with Gasteiger partial charge in [-0.2, -0.15) is 0 Å². The fourth-order valence-corrected chi connectivity index (χ4v) is 5.29. The number of benzene rings is 2. The minimum absolute atomic E-state index is 0. The molecule has 2 heterocycles. The third-order valence-corrected chi connectivity index (χ3v) is 7.94. The second-order valence-electron chi connectivity index (χ2n) is 11.9. The summed E-state index contributed by atoms with van der Waals surface area (Å²) >= 11 is 0. The van der Waals surface area contributed by atoms with Crippen molar-refractivity contribution in [2.75, 3.05) is 49.9 Å². The lowest BCUT2D eigenvalue weighted by molar-refractivity contribution is 0.181. The molecule has 2 unspecified atom stereocenters. The van der Waals surface area contributed by atoms with Crippen molar-refractivity contribution in [1.82, 2.24) is 21.3 Å². The number of carbonyl (C=O) groups excluding carboxylic acids is 2. The average molecular weight is 708 g/mol. The summed E-state index contributed by atoms with van der Waals surface area (Å²) in [6, 6.07) is 14.6. The number of β-amino-alcohol motifs (C(OH)–C–C–N with tert-alkyl or cyclic N) is 2. The molecule has 4 rings (SSSR count). The number of rotatable bonds is 17. The van der Waals surface area contributed by atoms with Crippen molar-refractivity contribution in [2.24, 2.45) is 9.98 Å². The standard InChI is InChI=1S/C34H50N8O4.2ClH/c43-29-21-37-31(38-22-29)25-11-15-27(16-12-25)41-33(45)35-19-9-7-5-3-1-2-4-6-8-10-20-36-34(46)42-28-17-13-26(14-18-28)32-39-23-30(44)24-40-32;;/h11-18,29-30,43-44H,1-10,19-24H2,(H,37,38)(H,39,40)(H2,35,41,45)(H2,36,42,46);2*1H. The first-order valence-corrected chi connectivity index (χ1v) is 16.7. The molecule has 4 amide bonds. The number of amidine groups is 2. The van der Waals surface area contributed by atoms with Crippen LogP contribution in [-0.4, -0.2) is 85.4 Å². The molecule has 14 heteroatoms. The first kappa shape index (κ1) is 40.6. The van der Waals surface area contributed by atoms with E-state index in [0.29, 0.717) is 39.3 Å². The van der Waals surface area contributed by atoms with Gasteiger partial charge in [0.25, 0.3) is 0 Å². The van der Waals surface area contributed by atoms with Crippen LogP contribution in [0, 0.1) is 0 Å². The molecular formula is C34H52Cl2N8O4. The maximum absolute atomic E-state index is 12.2. The molecule has 2 aromatic carbocycles. The second-order valence-corrected chi connectivity index (χ2v) is 11.9. The number of halogens is 2. The van der Waals surface area contributed by atoms with Gasteiger partial charge in [-0.25, -0.2) is 9.59 Å². The van der Waals surface area contributed by atoms with Gasteiger partial charge < -0.3 is 42.1 Å². The monoisotopic (exact) mass is 706 g/mol. The van der Waals surface area contributed by atoms with Crippen LogP contribution in [0.3, 0.4) is 0 Å². The zero-order valence-corrected chi connectivity index (χ0v) is 29.1. The normalized spacial score (nSPS) is 16.8. The smallest absolute Gasteiger partial charge is 0.319 e. The Labute approximate surface area is 296 Å². The molecule has 0 aromatic heterocycles. The van der Waals surface area contributed by atoms with Crippen LogP contribution < -0.4 is 31.9 Å². The van der Waals surface area contributed by atoms with Gasteiger partial charge in [0, 0.05) is 48.7 Å². The Morgan fingerprint density at radius 3 is 1.23 bits per heavy atom. The lowest BCUT2D eigenvalue weighted by Gasteiger charge is -2.19. The first-order valence-electron chi connectivity index (χ1n) is 16.7. The molecule has 2 atom stereocenters. The summed E-state index contributed by atoms with van der Waals surface area (Å²) in [5.74, 6) is 1.53. The van der Waals surface area contributed by atoms with Crippen molar-refractivity contribution >= 4 is 59.9 Å². The number of hydrogen-bond donors (Lipinski definition) is 8. The number of anilines is 2. The van der Waals surface area contributed by atoms with Crippen molar-refractivity contribution in [2.45, 2.75) is 76.4 Å². The number of nitrogens with one attached hydrogen (secondary N) is 6. The van der Waals surface area contributed by atoms with Crippen molar-refractivity contribution < 1.29 is 19.8 Å². The Morgan fingerprint density at radius 1 is 0.583 bits per heavy atom. The van der Waals surface area contributed by atoms with E-state index in [9.17, 15) is 19.8 Å². The van der Waals surface area contributed by atoms with Crippen LogP contribution >= 0.6 is 24.8 Å². The lowest BCUT2D eigenvalue weighted by atomic mass is 10.1. The molecule has 0 saturated heterocycles. The van der Waals surface area contributed by atoms with Gasteiger partial charge in [0.05, 0.1) is 25.3 Å². The lowest BCUT2D eigenvalue weighted by Crippen LogP contribution is -2.39. The molecule has 266 valence electrons. The molecule has 0 saturated carbocycles. The van der Waals surface area contributed by atoms with Gasteiger partial charge in [0.1, 0.15) is 11.7 Å². The fourth-order valence-electron chi connectivity index (χ4n) is 5.29. The zero-order valence-electron chi connectivity index (χ0n) is 27.5. The number of nitrogens with zero attached hydrogens (tertiary/aromatic N) is 2. The maximum atomic E-state index is 12.2. The first-order chi connectivity index (χ1) is 22.5. The summed E-state index contributed by atoms with van der Waals surface area (Å²) in [7, 11) is 0. The molecular weight excluding hydrogens is 655 g/mol. The Balaban J connectivity index is 0.00000400. The van der Waals surface area contributed by atoms with Crippen LogP contribution in [0.4, 0.5) is 21.0 Å². The highest BCUT2D eigenvalue weighted by Crippen LogP contribution is 2.13. The summed E-state index contributed by atoms with van der Waals surface area (Å²) in [6.07, 6.45) is 10.5. The minimum atomic E-state index is -0.441. The van der Waals surface area contributed by atoms with E-state index in [2.05, 4.69) is 41.9 Å². The SMILES string of the molecule is Cl.Cl.O=C(NCCCCCCCCCCCCNC(=O)Nc1ccc(C2=NCC(O)CN2)cc1)Nc1ccc(C2=NCC(O)CN2)cc1. The van der Waals surface area contributed by atoms with Gasteiger partial charge in [0.2, 0.25) is 0 Å². The number of hydrogen-bond acceptors (Lipinski definition) is 8. The van der Waals surface area contributed by atoms with E-state index < -0.39 is 12.2 Å². The predicted octanol–water partition coefficient (Wildman–Crippen LogP) is 4.80. The molecule has 2 aliphatic rings. The summed E-state index contributed by atoms with van der Waals surface area (Å²) in [5.41, 5.74) is 3.31. The second kappa shape index (κ2) is 22.9. The number of unbranched alkanes of at least 4 members (excludes halogenated alkanes) is 9. The van der Waals surface area contributed by atoms with Crippen LogP contribution in [0.5, 0.6) is 0 Å². The van der Waals surface area contributed by atoms with E-state index >= 15 is 0 Å². The highest BCUT2D eigenvalue weighted by atomic mass is 35.5. The van der Waals surface area contributed by atoms with E-state index in [1.165, 1.54) is 38.5 Å². The fraction of sp³-hybridized carbons (Fsp3) is 0.529. The largest absolute Gasteiger partial charge is 0.389 e. The van der Waals surface area contributed by atoms with Crippen molar-refractivity contribution in [3.8, 4) is 0 Å². The number of aliphatic imine (C=N–C) groups is 2. The minimum Gasteiger partial charge on any atom is -0.389 e. The van der Waals surface area contributed by atoms with Crippen LogP contribution in [0.15, 0.2) is 58.5 Å². The van der Waals surface area contributed by atoms with Crippen LogP contribution in [0.1, 0.15) is 75.3 Å². The number of aliphatic hydroxyl groups excluding tert-OH is 2. The van der Waals surface area contributed by atoms with Gasteiger partial charge in [-0.05, 0) is 61.4 Å². The van der Waals surface area contributed by atoms with Crippen LogP contribution in [0.25, 0.3) is 0 Å². The number of amides is 4. The molecule has 0 spiro atoms. The number of carbonyl (C=O) groups is 2. The van der Waals surface area contributed by atoms with E-state index in [4.69, 9.17) is 0 Å². The van der Waals surface area contributed by atoms with Crippen molar-refractivity contribution in [3.05, 3.63) is 59.7 Å². The molecule has 48 heavy (non-hydrogen) atoms. The van der Waals surface area contributed by atoms with Crippen LogP contribution in [0.2, 0.25) is 0 Å². The molecule has 0 radical (unpaired) electrons. The summed E-state index contributed by atoms with van der Waals surface area (Å²) in [5, 5.41) is 36.9.